The fraction of sp³-hybridized carbons (Fsp3) is 0.571. The van der Waals surface area contributed by atoms with Gasteiger partial charge in [-0.2, -0.15) is 0 Å². The minimum Gasteiger partial charge on any atom is -0.467 e. The van der Waals surface area contributed by atoms with Crippen molar-refractivity contribution in [2.45, 2.75) is 45.8 Å². The van der Waals surface area contributed by atoms with Crippen LogP contribution in [-0.4, -0.2) is 28.8 Å². The number of amides is 2. The number of carbonyl (C=O) groups is 2. The van der Waals surface area contributed by atoms with Crippen molar-refractivity contribution < 1.29 is 14.0 Å². The van der Waals surface area contributed by atoms with Crippen LogP contribution in [0, 0.1) is 5.92 Å². The molecule has 19 heavy (non-hydrogen) atoms. The van der Waals surface area contributed by atoms with Crippen LogP contribution in [-0.2, 0) is 9.59 Å². The lowest BCUT2D eigenvalue weighted by Crippen LogP contribution is -2.64. The van der Waals surface area contributed by atoms with Gasteiger partial charge in [0.05, 0.1) is 12.3 Å². The normalized spacial score (nSPS) is 25.6. The predicted octanol–water partition coefficient (Wildman–Crippen LogP) is 1.71. The van der Waals surface area contributed by atoms with E-state index in [4.69, 9.17) is 4.42 Å². The molecule has 1 N–H and O–H groups in total. The van der Waals surface area contributed by atoms with Crippen LogP contribution in [0.15, 0.2) is 22.8 Å². The van der Waals surface area contributed by atoms with Crippen LogP contribution in [0.3, 0.4) is 0 Å². The van der Waals surface area contributed by atoms with Crippen LogP contribution in [0.5, 0.6) is 0 Å². The summed E-state index contributed by atoms with van der Waals surface area (Å²) in [7, 11) is 0. The summed E-state index contributed by atoms with van der Waals surface area (Å²) in [6.45, 7) is 7.47. The molecule has 5 heteroatoms. The summed E-state index contributed by atoms with van der Waals surface area (Å²) >= 11 is 0. The van der Waals surface area contributed by atoms with E-state index in [-0.39, 0.29) is 23.8 Å². The number of furan rings is 1. The molecule has 5 nitrogen and oxygen atoms in total. The molecule has 2 heterocycles. The van der Waals surface area contributed by atoms with Gasteiger partial charge in [-0.3, -0.25) is 9.59 Å². The van der Waals surface area contributed by atoms with Crippen molar-refractivity contribution in [1.29, 1.82) is 0 Å². The zero-order valence-electron chi connectivity index (χ0n) is 11.7. The van der Waals surface area contributed by atoms with E-state index in [9.17, 15) is 9.59 Å². The summed E-state index contributed by atoms with van der Waals surface area (Å²) in [6.07, 6.45) is 1.57. The summed E-state index contributed by atoms with van der Waals surface area (Å²) in [6, 6.07) is 2.42. The molecule has 1 saturated heterocycles. The highest BCUT2D eigenvalue weighted by atomic mass is 16.3. The molecular weight excluding hydrogens is 244 g/mol. The lowest BCUT2D eigenvalue weighted by molar-refractivity contribution is -0.152. The molecule has 0 aromatic carbocycles. The predicted molar refractivity (Wildman–Crippen MR) is 70.2 cm³/mol. The first kappa shape index (κ1) is 13.6. The molecule has 1 aromatic rings. The third-order valence-corrected chi connectivity index (χ3v) is 3.65. The molecule has 2 rings (SSSR count). The average Bonchev–Trinajstić information content (AvgIpc) is 2.87. The van der Waals surface area contributed by atoms with E-state index in [0.717, 1.165) is 0 Å². The van der Waals surface area contributed by atoms with Crippen molar-refractivity contribution >= 4 is 11.8 Å². The highest BCUT2D eigenvalue weighted by molar-refractivity contribution is 5.97. The highest BCUT2D eigenvalue weighted by Gasteiger charge is 2.42. The van der Waals surface area contributed by atoms with Gasteiger partial charge in [-0.05, 0) is 31.9 Å². The minimum atomic E-state index is -0.484. The van der Waals surface area contributed by atoms with Crippen LogP contribution in [0.25, 0.3) is 0 Å². The molecule has 104 valence electrons. The third-order valence-electron chi connectivity index (χ3n) is 3.65. The van der Waals surface area contributed by atoms with Crippen molar-refractivity contribution in [1.82, 2.24) is 10.2 Å². The Labute approximate surface area is 113 Å². The Morgan fingerprint density at radius 1 is 1.32 bits per heavy atom. The number of hydrogen-bond donors (Lipinski definition) is 1. The summed E-state index contributed by atoms with van der Waals surface area (Å²) in [5, 5.41) is 2.78. The van der Waals surface area contributed by atoms with Gasteiger partial charge >= 0.3 is 0 Å². The van der Waals surface area contributed by atoms with E-state index in [0.29, 0.717) is 5.76 Å². The minimum absolute atomic E-state index is 0.0500. The monoisotopic (exact) mass is 264 g/mol. The second kappa shape index (κ2) is 5.07. The van der Waals surface area contributed by atoms with E-state index in [1.807, 2.05) is 26.8 Å². The molecule has 0 aliphatic carbocycles. The molecule has 3 unspecified atom stereocenters. The molecule has 0 spiro atoms. The largest absolute Gasteiger partial charge is 0.467 e. The number of piperazine rings is 1. The first-order valence-electron chi connectivity index (χ1n) is 6.59. The van der Waals surface area contributed by atoms with Crippen molar-refractivity contribution in [3.05, 3.63) is 24.2 Å². The molecular formula is C14H20N2O3. The summed E-state index contributed by atoms with van der Waals surface area (Å²) < 4.78 is 5.35. The van der Waals surface area contributed by atoms with Gasteiger partial charge in [-0.15, -0.1) is 0 Å². The lowest BCUT2D eigenvalue weighted by atomic mass is 9.96. The molecule has 1 aliphatic heterocycles. The average molecular weight is 264 g/mol. The molecule has 1 aliphatic rings. The summed E-state index contributed by atoms with van der Waals surface area (Å²) in [5.41, 5.74) is 0. The molecule has 1 fully saturated rings. The first-order valence-corrected chi connectivity index (χ1v) is 6.59. The van der Waals surface area contributed by atoms with E-state index in [1.165, 1.54) is 0 Å². The van der Waals surface area contributed by atoms with E-state index in [1.54, 1.807) is 24.2 Å². The fourth-order valence-electron chi connectivity index (χ4n) is 2.46. The number of carbonyl (C=O) groups excluding carboxylic acids is 2. The van der Waals surface area contributed by atoms with E-state index < -0.39 is 12.1 Å². The zero-order valence-corrected chi connectivity index (χ0v) is 11.7. The molecule has 1 aromatic heterocycles. The van der Waals surface area contributed by atoms with E-state index in [2.05, 4.69) is 5.32 Å². The number of rotatable bonds is 3. The van der Waals surface area contributed by atoms with Crippen LogP contribution >= 0.6 is 0 Å². The Balaban J connectivity index is 2.30. The smallest absolute Gasteiger partial charge is 0.246 e. The van der Waals surface area contributed by atoms with Crippen LogP contribution in [0.4, 0.5) is 0 Å². The zero-order chi connectivity index (χ0) is 14.2. The Hall–Kier alpha value is -1.78. The van der Waals surface area contributed by atoms with Gasteiger partial charge in [-0.1, -0.05) is 13.8 Å². The standard InChI is InChI=1S/C14H20N2O3/c1-8(2)12-14(18)16(10(4)13(17)15-12)9(3)11-6-5-7-19-11/h5-10,12H,1-4H3,(H,15,17). The fourth-order valence-corrected chi connectivity index (χ4v) is 2.46. The molecule has 0 bridgehead atoms. The topological polar surface area (TPSA) is 62.6 Å². The Bertz CT molecular complexity index is 467. The van der Waals surface area contributed by atoms with Gasteiger partial charge in [0.25, 0.3) is 0 Å². The maximum absolute atomic E-state index is 12.5. The van der Waals surface area contributed by atoms with Crippen molar-refractivity contribution in [3.8, 4) is 0 Å². The highest BCUT2D eigenvalue weighted by Crippen LogP contribution is 2.27. The van der Waals surface area contributed by atoms with Crippen molar-refractivity contribution in [2.24, 2.45) is 5.92 Å². The van der Waals surface area contributed by atoms with Crippen LogP contribution < -0.4 is 5.32 Å². The molecule has 0 saturated carbocycles. The molecule has 3 atom stereocenters. The van der Waals surface area contributed by atoms with Gasteiger partial charge in [0, 0.05) is 0 Å². The number of nitrogens with zero attached hydrogens (tertiary/aromatic N) is 1. The van der Waals surface area contributed by atoms with Gasteiger partial charge in [-0.25, -0.2) is 0 Å². The maximum atomic E-state index is 12.5. The second-order valence-electron chi connectivity index (χ2n) is 5.34. The number of hydrogen-bond acceptors (Lipinski definition) is 3. The van der Waals surface area contributed by atoms with Crippen molar-refractivity contribution in [2.75, 3.05) is 0 Å². The van der Waals surface area contributed by atoms with Gasteiger partial charge in [0.1, 0.15) is 17.8 Å². The first-order chi connectivity index (χ1) is 8.93. The third kappa shape index (κ3) is 2.37. The second-order valence-corrected chi connectivity index (χ2v) is 5.34. The maximum Gasteiger partial charge on any atom is 0.246 e. The van der Waals surface area contributed by atoms with Crippen LogP contribution in [0.2, 0.25) is 0 Å². The Kier molecular flexibility index (Phi) is 3.64. The van der Waals surface area contributed by atoms with Crippen LogP contribution in [0.1, 0.15) is 39.5 Å². The van der Waals surface area contributed by atoms with E-state index >= 15 is 0 Å². The van der Waals surface area contributed by atoms with Gasteiger partial charge < -0.3 is 14.6 Å². The SMILES string of the molecule is CC(C)C1NC(=O)C(C)N(C(C)c2ccco2)C1=O. The summed E-state index contributed by atoms with van der Waals surface area (Å²) in [4.78, 5) is 26.1. The van der Waals surface area contributed by atoms with Crippen molar-refractivity contribution in [3.63, 3.8) is 0 Å². The summed E-state index contributed by atoms with van der Waals surface area (Å²) in [5.74, 6) is 0.593. The quantitative estimate of drug-likeness (QED) is 0.904. The number of nitrogens with one attached hydrogen (secondary N) is 1. The lowest BCUT2D eigenvalue weighted by Gasteiger charge is -2.41. The molecule has 0 radical (unpaired) electrons. The van der Waals surface area contributed by atoms with Gasteiger partial charge in [0.15, 0.2) is 0 Å². The Morgan fingerprint density at radius 2 is 2.00 bits per heavy atom. The molecule has 2 amide bonds. The Morgan fingerprint density at radius 3 is 2.53 bits per heavy atom. The van der Waals surface area contributed by atoms with Gasteiger partial charge in [0.2, 0.25) is 11.8 Å².